The average molecular weight is 316 g/mol. The van der Waals surface area contributed by atoms with E-state index in [2.05, 4.69) is 22.3 Å². The average Bonchev–Trinajstić information content (AvgIpc) is 3.29. The van der Waals surface area contributed by atoms with Crippen LogP contribution in [0.15, 0.2) is 24.3 Å². The molecule has 1 N–H and O–H groups in total. The highest BCUT2D eigenvalue weighted by Crippen LogP contribution is 2.28. The van der Waals surface area contributed by atoms with Crippen LogP contribution in [0.2, 0.25) is 0 Å². The van der Waals surface area contributed by atoms with Gasteiger partial charge in [0, 0.05) is 12.5 Å². The van der Waals surface area contributed by atoms with Crippen LogP contribution in [0.5, 0.6) is 5.75 Å². The van der Waals surface area contributed by atoms with E-state index in [0.29, 0.717) is 6.54 Å². The molecule has 3 rings (SSSR count). The summed E-state index contributed by atoms with van der Waals surface area (Å²) in [7, 11) is 1.69. The van der Waals surface area contributed by atoms with Gasteiger partial charge < -0.3 is 10.1 Å². The van der Waals surface area contributed by atoms with E-state index < -0.39 is 0 Å². The van der Waals surface area contributed by atoms with Gasteiger partial charge in [0.2, 0.25) is 5.91 Å². The maximum atomic E-state index is 12.3. The number of amides is 1. The molecule has 1 saturated carbocycles. The van der Waals surface area contributed by atoms with Gasteiger partial charge in [0.15, 0.2) is 0 Å². The summed E-state index contributed by atoms with van der Waals surface area (Å²) in [6.07, 6.45) is 7.02. The number of nitrogens with one attached hydrogen (secondary N) is 1. The Balaban J connectivity index is 1.66. The number of benzene rings is 1. The summed E-state index contributed by atoms with van der Waals surface area (Å²) >= 11 is 0. The van der Waals surface area contributed by atoms with Crippen molar-refractivity contribution in [3.05, 3.63) is 29.8 Å². The third-order valence-corrected chi connectivity index (χ3v) is 5.28. The normalized spacial score (nSPS) is 20.6. The Morgan fingerprint density at radius 1 is 1.17 bits per heavy atom. The molecule has 1 unspecified atom stereocenters. The summed E-state index contributed by atoms with van der Waals surface area (Å²) in [5, 5.41) is 3.22. The van der Waals surface area contributed by atoms with E-state index in [1.165, 1.54) is 31.2 Å². The Kier molecular flexibility index (Phi) is 5.55. The smallest absolute Gasteiger partial charge is 0.223 e. The van der Waals surface area contributed by atoms with Crippen LogP contribution in [-0.4, -0.2) is 37.6 Å². The van der Waals surface area contributed by atoms with Gasteiger partial charge in [-0.3, -0.25) is 9.69 Å². The first-order valence-corrected chi connectivity index (χ1v) is 8.93. The second-order valence-corrected chi connectivity index (χ2v) is 6.76. The van der Waals surface area contributed by atoms with E-state index in [9.17, 15) is 4.79 Å². The highest BCUT2D eigenvalue weighted by Gasteiger charge is 2.27. The quantitative estimate of drug-likeness (QED) is 0.876. The standard InChI is InChI=1S/C19H28N2O2/c1-23-17-10-8-15(9-11-17)18(21-12-4-5-13-21)14-20-19(22)16-6-2-3-7-16/h8-11,16,18H,2-7,12-14H2,1H3,(H,20,22). The Morgan fingerprint density at radius 3 is 2.43 bits per heavy atom. The van der Waals surface area contributed by atoms with Crippen molar-refractivity contribution in [3.8, 4) is 5.75 Å². The SMILES string of the molecule is COc1ccc(C(CNC(=O)C2CCCC2)N2CCCC2)cc1. The first kappa shape index (κ1) is 16.3. The van der Waals surface area contributed by atoms with Crippen LogP contribution in [0.25, 0.3) is 0 Å². The topological polar surface area (TPSA) is 41.6 Å². The molecule has 0 radical (unpaired) electrons. The number of likely N-dealkylation sites (tertiary alicyclic amines) is 1. The summed E-state index contributed by atoms with van der Waals surface area (Å²) in [6, 6.07) is 8.55. The van der Waals surface area contributed by atoms with E-state index in [0.717, 1.165) is 31.7 Å². The first-order chi connectivity index (χ1) is 11.3. The molecule has 1 aliphatic carbocycles. The van der Waals surface area contributed by atoms with Crippen molar-refractivity contribution < 1.29 is 9.53 Å². The number of hydrogen-bond acceptors (Lipinski definition) is 3. The van der Waals surface area contributed by atoms with Crippen LogP contribution in [0.3, 0.4) is 0 Å². The predicted molar refractivity (Wildman–Crippen MR) is 91.5 cm³/mol. The molecule has 2 aliphatic rings. The molecule has 1 amide bonds. The number of methoxy groups -OCH3 is 1. The van der Waals surface area contributed by atoms with Gasteiger partial charge in [0.05, 0.1) is 13.2 Å². The number of carbonyl (C=O) groups excluding carboxylic acids is 1. The molecule has 1 heterocycles. The molecule has 1 aromatic rings. The Bertz CT molecular complexity index is 503. The van der Waals surface area contributed by atoms with Crippen LogP contribution < -0.4 is 10.1 Å². The molecular weight excluding hydrogens is 288 g/mol. The van der Waals surface area contributed by atoms with Gasteiger partial charge in [-0.15, -0.1) is 0 Å². The number of ether oxygens (including phenoxy) is 1. The Morgan fingerprint density at radius 2 is 1.83 bits per heavy atom. The lowest BCUT2D eigenvalue weighted by Gasteiger charge is -2.28. The van der Waals surface area contributed by atoms with Gasteiger partial charge in [-0.2, -0.15) is 0 Å². The molecule has 0 aromatic heterocycles. The predicted octanol–water partition coefficient (Wildman–Crippen LogP) is 3.14. The minimum Gasteiger partial charge on any atom is -0.497 e. The zero-order valence-corrected chi connectivity index (χ0v) is 14.1. The van der Waals surface area contributed by atoms with Crippen molar-refractivity contribution in [1.29, 1.82) is 0 Å². The Hall–Kier alpha value is -1.55. The lowest BCUT2D eigenvalue weighted by atomic mass is 10.0. The lowest BCUT2D eigenvalue weighted by Crippen LogP contribution is -2.38. The second kappa shape index (κ2) is 7.82. The summed E-state index contributed by atoms with van der Waals surface area (Å²) in [5.74, 6) is 1.37. The fourth-order valence-electron chi connectivity index (χ4n) is 3.87. The molecule has 0 spiro atoms. The zero-order chi connectivity index (χ0) is 16.1. The number of rotatable bonds is 6. The van der Waals surface area contributed by atoms with Gasteiger partial charge in [-0.1, -0.05) is 25.0 Å². The molecule has 23 heavy (non-hydrogen) atoms. The highest BCUT2D eigenvalue weighted by molar-refractivity contribution is 5.78. The van der Waals surface area contributed by atoms with Crippen molar-refractivity contribution >= 4 is 5.91 Å². The third-order valence-electron chi connectivity index (χ3n) is 5.28. The summed E-state index contributed by atoms with van der Waals surface area (Å²) in [5.41, 5.74) is 1.26. The molecule has 1 aromatic carbocycles. The van der Waals surface area contributed by atoms with Crippen molar-refractivity contribution in [2.24, 2.45) is 5.92 Å². The first-order valence-electron chi connectivity index (χ1n) is 8.93. The summed E-state index contributed by atoms with van der Waals surface area (Å²) in [6.45, 7) is 2.95. The number of nitrogens with zero attached hydrogens (tertiary/aromatic N) is 1. The zero-order valence-electron chi connectivity index (χ0n) is 14.1. The van der Waals surface area contributed by atoms with E-state index in [1.807, 2.05) is 12.1 Å². The third kappa shape index (κ3) is 4.05. The van der Waals surface area contributed by atoms with E-state index in [-0.39, 0.29) is 17.9 Å². The van der Waals surface area contributed by atoms with Crippen molar-refractivity contribution in [2.45, 2.75) is 44.6 Å². The molecule has 2 fully saturated rings. The fraction of sp³-hybridized carbons (Fsp3) is 0.632. The number of hydrogen-bond donors (Lipinski definition) is 1. The lowest BCUT2D eigenvalue weighted by molar-refractivity contribution is -0.125. The molecule has 4 heteroatoms. The minimum absolute atomic E-state index is 0.241. The van der Waals surface area contributed by atoms with Crippen molar-refractivity contribution in [1.82, 2.24) is 10.2 Å². The molecule has 1 atom stereocenters. The summed E-state index contributed by atoms with van der Waals surface area (Å²) < 4.78 is 5.26. The van der Waals surface area contributed by atoms with Gasteiger partial charge >= 0.3 is 0 Å². The Labute approximate surface area is 139 Å². The molecule has 4 nitrogen and oxygen atoms in total. The molecular formula is C19H28N2O2. The van der Waals surface area contributed by atoms with Crippen molar-refractivity contribution in [3.63, 3.8) is 0 Å². The van der Waals surface area contributed by atoms with Crippen LogP contribution in [-0.2, 0) is 4.79 Å². The largest absolute Gasteiger partial charge is 0.497 e. The highest BCUT2D eigenvalue weighted by atomic mass is 16.5. The fourth-order valence-corrected chi connectivity index (χ4v) is 3.87. The molecule has 0 bridgehead atoms. The number of carbonyl (C=O) groups is 1. The van der Waals surface area contributed by atoms with E-state index in [1.54, 1.807) is 7.11 Å². The van der Waals surface area contributed by atoms with Gasteiger partial charge in [-0.05, 0) is 56.5 Å². The van der Waals surface area contributed by atoms with Crippen LogP contribution in [0.4, 0.5) is 0 Å². The van der Waals surface area contributed by atoms with E-state index >= 15 is 0 Å². The van der Waals surface area contributed by atoms with Gasteiger partial charge in [0.25, 0.3) is 0 Å². The second-order valence-electron chi connectivity index (χ2n) is 6.76. The van der Waals surface area contributed by atoms with Crippen LogP contribution >= 0.6 is 0 Å². The van der Waals surface area contributed by atoms with Crippen molar-refractivity contribution in [2.75, 3.05) is 26.7 Å². The summed E-state index contributed by atoms with van der Waals surface area (Å²) in [4.78, 5) is 14.8. The molecule has 1 aliphatic heterocycles. The molecule has 126 valence electrons. The van der Waals surface area contributed by atoms with Crippen LogP contribution in [0, 0.1) is 5.92 Å². The minimum atomic E-state index is 0.241. The maximum absolute atomic E-state index is 12.3. The van der Waals surface area contributed by atoms with Gasteiger partial charge in [0.1, 0.15) is 5.75 Å². The van der Waals surface area contributed by atoms with E-state index in [4.69, 9.17) is 4.74 Å². The monoisotopic (exact) mass is 316 g/mol. The maximum Gasteiger partial charge on any atom is 0.223 e. The molecule has 1 saturated heterocycles. The van der Waals surface area contributed by atoms with Crippen LogP contribution in [0.1, 0.15) is 50.1 Å². The van der Waals surface area contributed by atoms with Gasteiger partial charge in [-0.25, -0.2) is 0 Å².